The van der Waals surface area contributed by atoms with Gasteiger partial charge in [0.2, 0.25) is 10.0 Å². The minimum Gasteiger partial charge on any atom is -0.462 e. The second-order valence-corrected chi connectivity index (χ2v) is 7.78. The standard InChI is InChI=1S/C16H23NO6S/c1-11-4-5-14(8-12(11)2)24(20,21)17-10-13(18)9-15(17)16(19)23-7-6-22-3/h4-5,8,13,15,18H,6-7,9-10H2,1-3H3/t13-,15+/m1/s1. The third kappa shape index (κ3) is 3.94. The Hall–Kier alpha value is -1.48. The topological polar surface area (TPSA) is 93.1 Å². The molecule has 1 aromatic carbocycles. The summed E-state index contributed by atoms with van der Waals surface area (Å²) in [7, 11) is -2.42. The van der Waals surface area contributed by atoms with Crippen molar-refractivity contribution in [1.82, 2.24) is 4.31 Å². The van der Waals surface area contributed by atoms with Gasteiger partial charge in [-0.15, -0.1) is 0 Å². The number of benzene rings is 1. The SMILES string of the molecule is COCCOC(=O)[C@@H]1C[C@@H](O)CN1S(=O)(=O)c1ccc(C)c(C)c1. The number of aliphatic hydroxyl groups is 1. The van der Waals surface area contributed by atoms with Crippen molar-refractivity contribution < 1.29 is 27.8 Å². The zero-order chi connectivity index (χ0) is 17.9. The van der Waals surface area contributed by atoms with Crippen LogP contribution in [0, 0.1) is 13.8 Å². The lowest BCUT2D eigenvalue weighted by Gasteiger charge is -2.22. The largest absolute Gasteiger partial charge is 0.462 e. The number of esters is 1. The maximum absolute atomic E-state index is 12.9. The number of aliphatic hydroxyl groups excluding tert-OH is 1. The van der Waals surface area contributed by atoms with Crippen LogP contribution >= 0.6 is 0 Å². The second kappa shape index (κ2) is 7.60. The average Bonchev–Trinajstić information content (AvgIpc) is 2.93. The molecule has 0 spiro atoms. The van der Waals surface area contributed by atoms with Gasteiger partial charge in [0.05, 0.1) is 17.6 Å². The van der Waals surface area contributed by atoms with E-state index in [1.165, 1.54) is 13.2 Å². The van der Waals surface area contributed by atoms with Crippen LogP contribution in [-0.2, 0) is 24.3 Å². The van der Waals surface area contributed by atoms with E-state index >= 15 is 0 Å². The van der Waals surface area contributed by atoms with Crippen LogP contribution in [0.3, 0.4) is 0 Å². The molecule has 2 atom stereocenters. The molecule has 0 aliphatic carbocycles. The Kier molecular flexibility index (Phi) is 5.97. The van der Waals surface area contributed by atoms with Crippen LogP contribution in [0.4, 0.5) is 0 Å². The van der Waals surface area contributed by atoms with Crippen molar-refractivity contribution in [3.05, 3.63) is 29.3 Å². The van der Waals surface area contributed by atoms with Crippen molar-refractivity contribution in [2.45, 2.75) is 37.3 Å². The molecule has 1 fully saturated rings. The third-order valence-electron chi connectivity index (χ3n) is 4.12. The molecule has 24 heavy (non-hydrogen) atoms. The molecule has 1 heterocycles. The summed E-state index contributed by atoms with van der Waals surface area (Å²) in [6.45, 7) is 3.86. The molecule has 0 amide bonds. The summed E-state index contributed by atoms with van der Waals surface area (Å²) in [4.78, 5) is 12.3. The first kappa shape index (κ1) is 18.9. The summed E-state index contributed by atoms with van der Waals surface area (Å²) in [5.74, 6) is -0.670. The van der Waals surface area contributed by atoms with Gasteiger partial charge in [-0.1, -0.05) is 6.07 Å². The number of aryl methyl sites for hydroxylation is 2. The highest BCUT2D eigenvalue weighted by atomic mass is 32.2. The third-order valence-corrected chi connectivity index (χ3v) is 5.99. The van der Waals surface area contributed by atoms with Gasteiger partial charge in [0, 0.05) is 20.1 Å². The van der Waals surface area contributed by atoms with E-state index in [9.17, 15) is 18.3 Å². The van der Waals surface area contributed by atoms with E-state index in [1.807, 2.05) is 13.8 Å². The maximum atomic E-state index is 12.9. The summed E-state index contributed by atoms with van der Waals surface area (Å²) < 4.78 is 36.6. The summed E-state index contributed by atoms with van der Waals surface area (Å²) in [6.07, 6.45) is -0.873. The lowest BCUT2D eigenvalue weighted by Crippen LogP contribution is -2.41. The van der Waals surface area contributed by atoms with Gasteiger partial charge in [0.25, 0.3) is 0 Å². The van der Waals surface area contributed by atoms with Crippen LogP contribution in [0.15, 0.2) is 23.1 Å². The van der Waals surface area contributed by atoms with Gasteiger partial charge in [0.1, 0.15) is 12.6 Å². The molecule has 1 N–H and O–H groups in total. The summed E-state index contributed by atoms with van der Waals surface area (Å²) in [5, 5.41) is 9.86. The van der Waals surface area contributed by atoms with Crippen LogP contribution in [0.2, 0.25) is 0 Å². The first-order chi connectivity index (χ1) is 11.3. The van der Waals surface area contributed by atoms with Gasteiger partial charge in [0.15, 0.2) is 0 Å². The van der Waals surface area contributed by atoms with Gasteiger partial charge in [-0.05, 0) is 37.1 Å². The van der Waals surface area contributed by atoms with Crippen molar-refractivity contribution in [1.29, 1.82) is 0 Å². The highest BCUT2D eigenvalue weighted by molar-refractivity contribution is 7.89. The van der Waals surface area contributed by atoms with Crippen molar-refractivity contribution in [2.75, 3.05) is 26.9 Å². The number of rotatable bonds is 6. The summed E-state index contributed by atoms with van der Waals surface area (Å²) in [5.41, 5.74) is 1.82. The zero-order valence-electron chi connectivity index (χ0n) is 14.1. The van der Waals surface area contributed by atoms with Crippen molar-refractivity contribution >= 4 is 16.0 Å². The Bertz CT molecular complexity index is 703. The Labute approximate surface area is 142 Å². The molecule has 1 aliphatic rings. The van der Waals surface area contributed by atoms with Gasteiger partial charge in [-0.3, -0.25) is 4.79 Å². The molecular weight excluding hydrogens is 334 g/mol. The molecule has 0 aromatic heterocycles. The molecule has 0 saturated carbocycles. The predicted molar refractivity (Wildman–Crippen MR) is 87.1 cm³/mol. The van der Waals surface area contributed by atoms with Gasteiger partial charge >= 0.3 is 5.97 Å². The number of β-amino-alcohol motifs (C(OH)–C–C–N with tert-alkyl or cyclic N) is 1. The molecular formula is C16H23NO6S. The summed E-state index contributed by atoms with van der Waals surface area (Å²) in [6, 6.07) is 3.78. The lowest BCUT2D eigenvalue weighted by molar-refractivity contribution is -0.148. The average molecular weight is 357 g/mol. The maximum Gasteiger partial charge on any atom is 0.324 e. The normalized spacial score (nSPS) is 21.8. The Morgan fingerprint density at radius 2 is 2.00 bits per heavy atom. The Morgan fingerprint density at radius 1 is 1.29 bits per heavy atom. The number of hydrogen-bond acceptors (Lipinski definition) is 6. The number of carbonyl (C=O) groups excluding carboxylic acids is 1. The number of sulfonamides is 1. The van der Waals surface area contributed by atoms with E-state index in [-0.39, 0.29) is 31.1 Å². The van der Waals surface area contributed by atoms with E-state index in [1.54, 1.807) is 12.1 Å². The van der Waals surface area contributed by atoms with Gasteiger partial charge in [-0.2, -0.15) is 4.31 Å². The van der Waals surface area contributed by atoms with Gasteiger partial charge < -0.3 is 14.6 Å². The number of hydrogen-bond donors (Lipinski definition) is 1. The Balaban J connectivity index is 2.25. The molecule has 8 heteroatoms. The van der Waals surface area contributed by atoms with Crippen LogP contribution in [0.25, 0.3) is 0 Å². The smallest absolute Gasteiger partial charge is 0.324 e. The van der Waals surface area contributed by atoms with Crippen molar-refractivity contribution in [3.63, 3.8) is 0 Å². The highest BCUT2D eigenvalue weighted by Gasteiger charge is 2.44. The molecule has 2 rings (SSSR count). The first-order valence-electron chi connectivity index (χ1n) is 7.70. The minimum absolute atomic E-state index is 0.0237. The second-order valence-electron chi connectivity index (χ2n) is 5.89. The first-order valence-corrected chi connectivity index (χ1v) is 9.14. The van der Waals surface area contributed by atoms with E-state index in [2.05, 4.69) is 0 Å². The van der Waals surface area contributed by atoms with Crippen molar-refractivity contribution in [3.8, 4) is 0 Å². The monoisotopic (exact) mass is 357 g/mol. The lowest BCUT2D eigenvalue weighted by atomic mass is 10.1. The predicted octanol–water partition coefficient (Wildman–Crippen LogP) is 0.617. The van der Waals surface area contributed by atoms with E-state index < -0.39 is 28.1 Å². The number of ether oxygens (including phenoxy) is 2. The summed E-state index contributed by atoms with van der Waals surface area (Å²) >= 11 is 0. The Morgan fingerprint density at radius 3 is 2.62 bits per heavy atom. The minimum atomic E-state index is -3.89. The fourth-order valence-electron chi connectivity index (χ4n) is 2.60. The molecule has 134 valence electrons. The molecule has 1 saturated heterocycles. The van der Waals surface area contributed by atoms with E-state index in [0.717, 1.165) is 15.4 Å². The van der Waals surface area contributed by atoms with Crippen LogP contribution in [-0.4, -0.2) is 62.8 Å². The quantitative estimate of drug-likeness (QED) is 0.592. The number of nitrogens with zero attached hydrogens (tertiary/aromatic N) is 1. The molecule has 1 aromatic rings. The van der Waals surface area contributed by atoms with Crippen molar-refractivity contribution in [2.24, 2.45) is 0 Å². The molecule has 0 unspecified atom stereocenters. The zero-order valence-corrected chi connectivity index (χ0v) is 14.9. The molecule has 1 aliphatic heterocycles. The molecule has 7 nitrogen and oxygen atoms in total. The van der Waals surface area contributed by atoms with Gasteiger partial charge in [-0.25, -0.2) is 8.42 Å². The highest BCUT2D eigenvalue weighted by Crippen LogP contribution is 2.28. The van der Waals surface area contributed by atoms with Crippen LogP contribution in [0.1, 0.15) is 17.5 Å². The molecule has 0 radical (unpaired) electrons. The molecule has 0 bridgehead atoms. The number of methoxy groups -OCH3 is 1. The number of carbonyl (C=O) groups is 1. The fraction of sp³-hybridized carbons (Fsp3) is 0.562. The fourth-order valence-corrected chi connectivity index (χ4v) is 4.31. The van der Waals surface area contributed by atoms with Crippen LogP contribution in [0.5, 0.6) is 0 Å². The van der Waals surface area contributed by atoms with E-state index in [0.29, 0.717) is 0 Å². The van der Waals surface area contributed by atoms with Crippen LogP contribution < -0.4 is 0 Å². The van der Waals surface area contributed by atoms with E-state index in [4.69, 9.17) is 9.47 Å².